The molecule has 4 N–H and O–H groups in total. The van der Waals surface area contributed by atoms with Gasteiger partial charge in [0.05, 0.1) is 25.5 Å². The third kappa shape index (κ3) is 8.10. The van der Waals surface area contributed by atoms with E-state index >= 15 is 0 Å². The number of fused-ring (bicyclic) bond motifs is 1. The van der Waals surface area contributed by atoms with Crippen LogP contribution >= 0.6 is 0 Å². The number of H-pyrrole nitrogens is 1. The molecule has 0 unspecified atom stereocenters. The monoisotopic (exact) mass is 570 g/mol. The van der Waals surface area contributed by atoms with E-state index in [0.29, 0.717) is 19.6 Å². The number of carboxylic acid groups (broad SMARTS) is 1. The average molecular weight is 571 g/mol. The molecule has 0 bridgehead atoms. The quantitative estimate of drug-likeness (QED) is 0.233. The number of sulfonamides is 1. The van der Waals surface area contributed by atoms with Crippen molar-refractivity contribution < 1.29 is 27.9 Å². The fourth-order valence-corrected chi connectivity index (χ4v) is 5.50. The molecule has 214 valence electrons. The highest BCUT2D eigenvalue weighted by atomic mass is 32.2. The maximum absolute atomic E-state index is 13.1. The van der Waals surface area contributed by atoms with Gasteiger partial charge in [-0.05, 0) is 29.2 Å². The smallest absolute Gasteiger partial charge is 0.327 e. The Kier molecular flexibility index (Phi) is 9.50. The summed E-state index contributed by atoms with van der Waals surface area (Å²) in [7, 11) is -3.64. The van der Waals surface area contributed by atoms with Gasteiger partial charge in [-0.15, -0.1) is 0 Å². The number of nitrogens with one attached hydrogen (secondary N) is 3. The molecule has 1 saturated heterocycles. The molecule has 2 amide bonds. The number of likely N-dealkylation sites (tertiary alicyclic amines) is 1. The second kappa shape index (κ2) is 13.0. The molecule has 2 heterocycles. The van der Waals surface area contributed by atoms with Crippen LogP contribution in [-0.2, 0) is 37.4 Å². The number of hydrogen-bond acceptors (Lipinski definition) is 7. The minimum absolute atomic E-state index is 0.0286. The molecule has 0 aliphatic carbocycles. The largest absolute Gasteiger partial charge is 0.480 e. The topological polar surface area (TPSA) is 165 Å². The average Bonchev–Trinajstić information content (AvgIpc) is 3.58. The molecule has 1 aliphatic heterocycles. The first-order chi connectivity index (χ1) is 19.1. The predicted octanol–water partition coefficient (Wildman–Crippen LogP) is 0.717. The first-order valence-corrected chi connectivity index (χ1v) is 14.9. The number of hydrogen-bond donors (Lipinski definition) is 4. The van der Waals surface area contributed by atoms with E-state index in [9.17, 15) is 27.9 Å². The SMILES string of the molecule is CS(=O)(=O)NC[C@H](NC(=O)CN(Cc1cccc2ccccc12)C[C@@H]1CCCN1C(=O)Cc1cnc[nH]1)C(=O)O. The number of aliphatic carboxylic acids is 1. The van der Waals surface area contributed by atoms with Gasteiger partial charge in [-0.2, -0.15) is 0 Å². The molecule has 2 aromatic carbocycles. The van der Waals surface area contributed by atoms with Gasteiger partial charge in [-0.25, -0.2) is 22.9 Å². The van der Waals surface area contributed by atoms with E-state index in [0.717, 1.165) is 41.1 Å². The fraction of sp³-hybridized carbons (Fsp3) is 0.407. The molecule has 13 heteroatoms. The van der Waals surface area contributed by atoms with Crippen LogP contribution in [0, 0.1) is 0 Å². The predicted molar refractivity (Wildman–Crippen MR) is 149 cm³/mol. The summed E-state index contributed by atoms with van der Waals surface area (Å²) in [4.78, 5) is 48.5. The van der Waals surface area contributed by atoms with Crippen LogP contribution in [0.2, 0.25) is 0 Å². The van der Waals surface area contributed by atoms with E-state index in [4.69, 9.17) is 0 Å². The number of carbonyl (C=O) groups excluding carboxylic acids is 2. The molecular formula is C27H34N6O6S. The minimum Gasteiger partial charge on any atom is -0.480 e. The number of nitrogens with zero attached hydrogens (tertiary/aromatic N) is 3. The van der Waals surface area contributed by atoms with Crippen LogP contribution in [0.1, 0.15) is 24.1 Å². The number of rotatable bonds is 13. The zero-order valence-electron chi connectivity index (χ0n) is 22.2. The second-order valence-corrected chi connectivity index (χ2v) is 11.9. The fourth-order valence-electron chi connectivity index (χ4n) is 5.03. The van der Waals surface area contributed by atoms with Crippen molar-refractivity contribution in [2.75, 3.05) is 32.4 Å². The molecule has 1 fully saturated rings. The Labute approximate surface area is 232 Å². The highest BCUT2D eigenvalue weighted by molar-refractivity contribution is 7.88. The van der Waals surface area contributed by atoms with Crippen LogP contribution in [0.15, 0.2) is 55.0 Å². The third-order valence-corrected chi connectivity index (χ3v) is 7.58. The highest BCUT2D eigenvalue weighted by Gasteiger charge is 2.31. The van der Waals surface area contributed by atoms with Gasteiger partial charge in [0.2, 0.25) is 21.8 Å². The lowest BCUT2D eigenvalue weighted by Crippen LogP contribution is -2.52. The molecule has 0 radical (unpaired) electrons. The van der Waals surface area contributed by atoms with E-state index in [1.54, 1.807) is 6.20 Å². The molecule has 3 aromatic rings. The van der Waals surface area contributed by atoms with Crippen LogP contribution in [0.25, 0.3) is 10.8 Å². The van der Waals surface area contributed by atoms with Gasteiger partial charge in [0.25, 0.3) is 0 Å². The van der Waals surface area contributed by atoms with Crippen molar-refractivity contribution in [3.8, 4) is 0 Å². The van der Waals surface area contributed by atoms with Gasteiger partial charge in [0.15, 0.2) is 0 Å². The van der Waals surface area contributed by atoms with E-state index in [-0.39, 0.29) is 24.9 Å². The van der Waals surface area contributed by atoms with Crippen molar-refractivity contribution in [1.82, 2.24) is 29.8 Å². The van der Waals surface area contributed by atoms with Crippen LogP contribution in [-0.4, -0.2) is 95.6 Å². The lowest BCUT2D eigenvalue weighted by Gasteiger charge is -2.31. The number of carboxylic acids is 1. The Morgan fingerprint density at radius 1 is 1.20 bits per heavy atom. The van der Waals surface area contributed by atoms with Crippen molar-refractivity contribution in [3.63, 3.8) is 0 Å². The van der Waals surface area contributed by atoms with Crippen LogP contribution in [0.4, 0.5) is 0 Å². The van der Waals surface area contributed by atoms with E-state index < -0.39 is 34.5 Å². The maximum Gasteiger partial charge on any atom is 0.327 e. The number of aromatic amines is 1. The standard InChI is InChI=1S/C27H34N6O6S/c1-40(38,39)30-14-24(27(36)37)31-25(34)17-32(15-20-8-4-7-19-6-2-3-10-23(19)20)16-22-9-5-11-33(22)26(35)12-21-13-28-18-29-21/h2-4,6-8,10,13,18,22,24,30H,5,9,11-12,14-17H2,1H3,(H,28,29)(H,31,34)(H,36,37)/t22-,24-/m0/s1. The van der Waals surface area contributed by atoms with E-state index in [1.807, 2.05) is 52.3 Å². The summed E-state index contributed by atoms with van der Waals surface area (Å²) in [5.74, 6) is -1.94. The normalized spacial score (nSPS) is 16.4. The molecular weight excluding hydrogens is 536 g/mol. The van der Waals surface area contributed by atoms with Crippen molar-refractivity contribution >= 4 is 38.6 Å². The molecule has 2 atom stereocenters. The van der Waals surface area contributed by atoms with E-state index in [1.165, 1.54) is 6.33 Å². The Morgan fingerprint density at radius 2 is 1.98 bits per heavy atom. The summed E-state index contributed by atoms with van der Waals surface area (Å²) < 4.78 is 25.0. The second-order valence-electron chi connectivity index (χ2n) is 10.0. The number of carbonyl (C=O) groups is 3. The molecule has 0 saturated carbocycles. The third-order valence-electron chi connectivity index (χ3n) is 6.89. The zero-order chi connectivity index (χ0) is 28.7. The van der Waals surface area contributed by atoms with Gasteiger partial charge in [0.1, 0.15) is 6.04 Å². The summed E-state index contributed by atoms with van der Waals surface area (Å²) in [5.41, 5.74) is 1.72. The lowest BCUT2D eigenvalue weighted by molar-refractivity contribution is -0.141. The zero-order valence-corrected chi connectivity index (χ0v) is 23.1. The van der Waals surface area contributed by atoms with Gasteiger partial charge in [-0.1, -0.05) is 42.5 Å². The van der Waals surface area contributed by atoms with E-state index in [2.05, 4.69) is 20.0 Å². The number of amides is 2. The molecule has 1 aromatic heterocycles. The van der Waals surface area contributed by atoms with Crippen molar-refractivity contribution in [2.45, 2.75) is 37.9 Å². The van der Waals surface area contributed by atoms with Crippen LogP contribution < -0.4 is 10.0 Å². The minimum atomic E-state index is -3.64. The Morgan fingerprint density at radius 3 is 2.70 bits per heavy atom. The first kappa shape index (κ1) is 29.2. The molecule has 40 heavy (non-hydrogen) atoms. The van der Waals surface area contributed by atoms with Gasteiger partial charge in [0, 0.05) is 44.1 Å². The number of imidazole rings is 1. The Balaban J connectivity index is 1.51. The maximum atomic E-state index is 13.1. The Bertz CT molecular complexity index is 1440. The summed E-state index contributed by atoms with van der Waals surface area (Å²) >= 11 is 0. The molecule has 1 aliphatic rings. The van der Waals surface area contributed by atoms with Crippen molar-refractivity contribution in [1.29, 1.82) is 0 Å². The molecule has 0 spiro atoms. The molecule has 12 nitrogen and oxygen atoms in total. The van der Waals surface area contributed by atoms with Crippen molar-refractivity contribution in [2.24, 2.45) is 0 Å². The van der Waals surface area contributed by atoms with Crippen LogP contribution in [0.3, 0.4) is 0 Å². The summed E-state index contributed by atoms with van der Waals surface area (Å²) in [6, 6.07) is 12.3. The summed E-state index contributed by atoms with van der Waals surface area (Å²) in [6.07, 6.45) is 5.89. The lowest BCUT2D eigenvalue weighted by atomic mass is 10.0. The van der Waals surface area contributed by atoms with Gasteiger partial charge in [-0.3, -0.25) is 14.5 Å². The number of aromatic nitrogens is 2. The Hall–Kier alpha value is -3.81. The summed E-state index contributed by atoms with van der Waals surface area (Å²) in [5, 5.41) is 14.0. The van der Waals surface area contributed by atoms with Gasteiger partial charge >= 0.3 is 5.97 Å². The van der Waals surface area contributed by atoms with Crippen molar-refractivity contribution in [3.05, 3.63) is 66.2 Å². The summed E-state index contributed by atoms with van der Waals surface area (Å²) in [6.45, 7) is 0.814. The highest BCUT2D eigenvalue weighted by Crippen LogP contribution is 2.23. The van der Waals surface area contributed by atoms with Gasteiger partial charge < -0.3 is 20.3 Å². The first-order valence-electron chi connectivity index (χ1n) is 13.0. The number of benzene rings is 2. The molecule has 4 rings (SSSR count). The van der Waals surface area contributed by atoms with Crippen LogP contribution in [0.5, 0.6) is 0 Å².